The monoisotopic (exact) mass is 580 g/mol. The Kier molecular flexibility index (Phi) is 10.3. The predicted molar refractivity (Wildman–Crippen MR) is 136 cm³/mol. The summed E-state index contributed by atoms with van der Waals surface area (Å²) in [5.74, 6) is 5.22. The minimum atomic E-state index is 0. The van der Waals surface area contributed by atoms with E-state index in [9.17, 15) is 0 Å². The first-order valence-electron chi connectivity index (χ1n) is 12.8. The van der Waals surface area contributed by atoms with E-state index in [-0.39, 0.29) is 24.8 Å². The molecule has 3 heteroatoms. The fourth-order valence-corrected chi connectivity index (χ4v) is 7.26. The third-order valence-corrected chi connectivity index (χ3v) is 8.16. The molecule has 8 rings (SSSR count). The van der Waals surface area contributed by atoms with Crippen LogP contribution in [0.3, 0.4) is 0 Å². The Morgan fingerprint density at radius 2 is 1.49 bits per heavy atom. The molecule has 0 N–H and O–H groups in total. The fourth-order valence-electron chi connectivity index (χ4n) is 7.26. The van der Waals surface area contributed by atoms with Crippen molar-refractivity contribution in [1.29, 1.82) is 0 Å². The Morgan fingerprint density at radius 3 is 2.09 bits per heavy atom. The van der Waals surface area contributed by atoms with E-state index in [1.807, 2.05) is 6.07 Å². The van der Waals surface area contributed by atoms with Gasteiger partial charge in [0.15, 0.2) is 0 Å². The SMILES string of the molecule is C[C](C)=[Zr+2].Cc1cc(C2C3CC4CC(C3)CC2C4)c[cH-]1.[Cl-].[Cl-].[c-]1cccc2c1Cc1ccccc1-2. The van der Waals surface area contributed by atoms with E-state index in [2.05, 4.69) is 81.4 Å². The van der Waals surface area contributed by atoms with Crippen molar-refractivity contribution in [3.05, 3.63) is 89.0 Å². The van der Waals surface area contributed by atoms with Crippen LogP contribution in [-0.2, 0) is 30.7 Å². The van der Waals surface area contributed by atoms with Crippen LogP contribution < -0.4 is 24.8 Å². The van der Waals surface area contributed by atoms with E-state index >= 15 is 0 Å². The number of aryl methyl sites for hydroxylation is 1. The summed E-state index contributed by atoms with van der Waals surface area (Å²) in [5.41, 5.74) is 8.64. The van der Waals surface area contributed by atoms with Crippen LogP contribution in [0.2, 0.25) is 0 Å². The van der Waals surface area contributed by atoms with Crippen molar-refractivity contribution in [2.45, 2.75) is 65.2 Å². The van der Waals surface area contributed by atoms with Gasteiger partial charge in [0.25, 0.3) is 0 Å². The van der Waals surface area contributed by atoms with Gasteiger partial charge in [-0.05, 0) is 62.2 Å². The Labute approximate surface area is 239 Å². The fraction of sp³-hybridized carbons (Fsp3) is 0.438. The van der Waals surface area contributed by atoms with E-state index in [4.69, 9.17) is 0 Å². The third-order valence-electron chi connectivity index (χ3n) is 8.16. The molecule has 5 aliphatic rings. The molecule has 0 atom stereocenters. The van der Waals surface area contributed by atoms with Gasteiger partial charge in [0, 0.05) is 0 Å². The van der Waals surface area contributed by atoms with Crippen LogP contribution in [-0.4, -0.2) is 3.21 Å². The molecule has 0 heterocycles. The topological polar surface area (TPSA) is 0 Å². The Bertz CT molecular complexity index is 1050. The normalized spacial score (nSPS) is 26.0. The molecule has 0 radical (unpaired) electrons. The Balaban J connectivity index is 0.000000165. The average molecular weight is 583 g/mol. The second kappa shape index (κ2) is 12.6. The summed E-state index contributed by atoms with van der Waals surface area (Å²) in [6.45, 7) is 6.48. The summed E-state index contributed by atoms with van der Waals surface area (Å²) < 4.78 is 1.51. The summed E-state index contributed by atoms with van der Waals surface area (Å²) in [6.07, 6.45) is 8.79. The first-order valence-corrected chi connectivity index (χ1v) is 14.0. The molecule has 0 aliphatic heterocycles. The molecule has 0 saturated heterocycles. The molecule has 0 aromatic heterocycles. The van der Waals surface area contributed by atoms with Crippen LogP contribution in [0.1, 0.15) is 74.1 Å². The van der Waals surface area contributed by atoms with Gasteiger partial charge in [-0.3, -0.25) is 0 Å². The molecule has 0 unspecified atom stereocenters. The maximum atomic E-state index is 3.30. The van der Waals surface area contributed by atoms with Crippen molar-refractivity contribution < 1.29 is 49.0 Å². The van der Waals surface area contributed by atoms with E-state index in [1.165, 1.54) is 31.0 Å². The van der Waals surface area contributed by atoms with Crippen molar-refractivity contribution >= 4 is 3.21 Å². The molecule has 3 aromatic carbocycles. The van der Waals surface area contributed by atoms with Crippen molar-refractivity contribution in [1.82, 2.24) is 0 Å². The number of rotatable bonds is 1. The summed E-state index contributed by atoms with van der Waals surface area (Å²) in [6, 6.07) is 25.3. The van der Waals surface area contributed by atoms with Gasteiger partial charge in [-0.25, -0.2) is 6.07 Å². The molecule has 5 aliphatic carbocycles. The second-order valence-corrected chi connectivity index (χ2v) is 13.5. The van der Waals surface area contributed by atoms with Crippen molar-refractivity contribution in [3.63, 3.8) is 0 Å². The molecular weight excluding hydrogens is 546 g/mol. The van der Waals surface area contributed by atoms with Crippen molar-refractivity contribution in [2.75, 3.05) is 0 Å². The number of hydrogen-bond acceptors (Lipinski definition) is 0. The first kappa shape index (κ1) is 28.7. The minimum Gasteiger partial charge on any atom is -1.00 e. The molecule has 184 valence electrons. The Hall–Kier alpha value is -0.877. The summed E-state index contributed by atoms with van der Waals surface area (Å²) in [7, 11) is 0. The maximum absolute atomic E-state index is 3.30. The standard InChI is InChI=1S/C16H21.C13H9.C3H6.2ClH.Zr/c1-10-2-3-13(4-10)16-14-6-11-5-12(8-14)9-15(16)7-11;1-3-7-12-10(5-1)9-11-6-2-4-8-13(11)12;1-3-2;;;/h2-4,11-12,14-16H,5-9H2,1H3;1-5,7-8H,9H2;1-2H3;2*1H;/q2*-1;;;;+2/p-2. The van der Waals surface area contributed by atoms with Crippen molar-refractivity contribution in [2.24, 2.45) is 23.7 Å². The predicted octanol–water partition coefficient (Wildman–Crippen LogP) is 2.07. The maximum Gasteiger partial charge on any atom is -0.0253 e. The van der Waals surface area contributed by atoms with Crippen LogP contribution in [0.5, 0.6) is 0 Å². The van der Waals surface area contributed by atoms with E-state index < -0.39 is 0 Å². The molecule has 0 nitrogen and oxygen atoms in total. The summed E-state index contributed by atoms with van der Waals surface area (Å²) >= 11 is 1.55. The van der Waals surface area contributed by atoms with Gasteiger partial charge in [-0.15, -0.1) is 5.56 Å². The number of halogens is 2. The summed E-state index contributed by atoms with van der Waals surface area (Å²) in [4.78, 5) is 0. The number of hydrogen-bond donors (Lipinski definition) is 0. The molecule has 0 spiro atoms. The summed E-state index contributed by atoms with van der Waals surface area (Å²) in [5, 5.41) is 0. The van der Waals surface area contributed by atoms with Crippen molar-refractivity contribution in [3.8, 4) is 11.1 Å². The molecule has 4 bridgehead atoms. The first-order chi connectivity index (χ1) is 16.0. The smallest absolute Gasteiger partial charge is 0.0253 e. The van der Waals surface area contributed by atoms with Gasteiger partial charge < -0.3 is 24.8 Å². The van der Waals surface area contributed by atoms with Crippen LogP contribution in [0.15, 0.2) is 60.7 Å². The average Bonchev–Trinajstić information content (AvgIpc) is 3.36. The largest absolute Gasteiger partial charge is 1.00 e. The van der Waals surface area contributed by atoms with Gasteiger partial charge in [0.05, 0.1) is 0 Å². The molecule has 4 saturated carbocycles. The quantitative estimate of drug-likeness (QED) is 0.302. The van der Waals surface area contributed by atoms with Crippen LogP contribution >= 0.6 is 0 Å². The van der Waals surface area contributed by atoms with Crippen LogP contribution in [0, 0.1) is 36.7 Å². The third kappa shape index (κ3) is 6.52. The van der Waals surface area contributed by atoms with Crippen LogP contribution in [0.25, 0.3) is 11.1 Å². The van der Waals surface area contributed by atoms with Gasteiger partial charge in [0.2, 0.25) is 0 Å². The number of fused-ring (bicyclic) bond motifs is 3. The molecule has 35 heavy (non-hydrogen) atoms. The van der Waals surface area contributed by atoms with E-state index in [0.29, 0.717) is 0 Å². The Morgan fingerprint density at radius 1 is 0.886 bits per heavy atom. The zero-order valence-corrected chi connectivity index (χ0v) is 25.1. The van der Waals surface area contributed by atoms with Gasteiger partial charge in [0.1, 0.15) is 0 Å². The molecule has 3 aromatic rings. The van der Waals surface area contributed by atoms with E-state index in [0.717, 1.165) is 36.0 Å². The zero-order valence-electron chi connectivity index (χ0n) is 21.2. The molecule has 4 fully saturated rings. The zero-order chi connectivity index (χ0) is 22.9. The molecular formula is C32H36Cl2Zr-2. The van der Waals surface area contributed by atoms with E-state index in [1.54, 1.807) is 61.9 Å². The molecule has 0 amide bonds. The second-order valence-electron chi connectivity index (χ2n) is 11.1. The van der Waals surface area contributed by atoms with Gasteiger partial charge in [-0.1, -0.05) is 48.2 Å². The number of benzene rings is 2. The van der Waals surface area contributed by atoms with Gasteiger partial charge >= 0.3 is 41.3 Å². The van der Waals surface area contributed by atoms with Gasteiger partial charge in [-0.2, -0.15) is 53.1 Å². The minimum absolute atomic E-state index is 0. The van der Waals surface area contributed by atoms with Crippen LogP contribution in [0.4, 0.5) is 0 Å².